The van der Waals surface area contributed by atoms with Crippen molar-refractivity contribution in [2.24, 2.45) is 23.2 Å². The third kappa shape index (κ3) is 3.85. The first-order chi connectivity index (χ1) is 14.9. The summed E-state index contributed by atoms with van der Waals surface area (Å²) in [4.78, 5) is 12.4. The van der Waals surface area contributed by atoms with Crippen molar-refractivity contribution in [1.29, 1.82) is 0 Å². The van der Waals surface area contributed by atoms with E-state index in [1.165, 1.54) is 57.0 Å². The number of carbonyl (C=O) groups excluding carboxylic acids is 1. The van der Waals surface area contributed by atoms with E-state index in [9.17, 15) is 4.79 Å². The van der Waals surface area contributed by atoms with E-state index in [2.05, 4.69) is 17.6 Å². The molecule has 2 aromatic rings. The van der Waals surface area contributed by atoms with E-state index in [1.807, 2.05) is 18.2 Å². The minimum Gasteiger partial charge on any atom is -0.465 e. The predicted molar refractivity (Wildman–Crippen MR) is 132 cm³/mol. The van der Waals surface area contributed by atoms with Crippen LogP contribution in [0.4, 0.5) is 5.69 Å². The monoisotopic (exact) mass is 476 g/mol. The summed E-state index contributed by atoms with van der Waals surface area (Å²) in [6.45, 7) is 2.28. The van der Waals surface area contributed by atoms with Gasteiger partial charge in [0.2, 0.25) is 0 Å². The van der Waals surface area contributed by atoms with Gasteiger partial charge in [0.05, 0.1) is 12.1 Å². The molecule has 4 nitrogen and oxygen atoms in total. The molecule has 4 aliphatic rings. The van der Waals surface area contributed by atoms with Gasteiger partial charge in [-0.25, -0.2) is 4.79 Å². The first-order valence-corrected chi connectivity index (χ1v) is 12.9. The van der Waals surface area contributed by atoms with Crippen molar-refractivity contribution >= 4 is 62.0 Å². The van der Waals surface area contributed by atoms with Gasteiger partial charge in [-0.05, 0) is 98.5 Å². The molecule has 7 heteroatoms. The number of thiophene rings is 1. The first-order valence-electron chi connectivity index (χ1n) is 11.3. The lowest BCUT2D eigenvalue weighted by Crippen LogP contribution is -2.57. The molecule has 0 saturated heterocycles. The normalized spacial score (nSPS) is 29.7. The lowest BCUT2D eigenvalue weighted by atomic mass is 9.47. The average Bonchev–Trinajstić information content (AvgIpc) is 3.06. The summed E-state index contributed by atoms with van der Waals surface area (Å²) in [5.74, 6) is 2.38. The van der Waals surface area contributed by atoms with Crippen molar-refractivity contribution in [2.45, 2.75) is 57.9 Å². The molecule has 6 rings (SSSR count). The second-order valence-corrected chi connectivity index (χ2v) is 11.6. The van der Waals surface area contributed by atoms with Gasteiger partial charge in [0, 0.05) is 21.8 Å². The van der Waals surface area contributed by atoms with E-state index in [0.717, 1.165) is 39.9 Å². The van der Waals surface area contributed by atoms with Crippen LogP contribution in [-0.2, 0) is 4.74 Å². The number of thiocarbonyl (C=S) groups is 1. The highest BCUT2D eigenvalue weighted by atomic mass is 35.5. The molecule has 0 radical (unpaired) electrons. The van der Waals surface area contributed by atoms with Gasteiger partial charge in [-0.15, -0.1) is 11.3 Å². The van der Waals surface area contributed by atoms with E-state index in [1.54, 1.807) is 0 Å². The highest BCUT2D eigenvalue weighted by Crippen LogP contribution is 2.61. The first kappa shape index (κ1) is 21.5. The summed E-state index contributed by atoms with van der Waals surface area (Å²) in [6.07, 6.45) is 9.55. The molecule has 166 valence electrons. The number of rotatable bonds is 5. The molecule has 1 aromatic carbocycles. The zero-order chi connectivity index (χ0) is 21.8. The van der Waals surface area contributed by atoms with E-state index in [-0.39, 0.29) is 0 Å². The van der Waals surface area contributed by atoms with Crippen LogP contribution >= 0.6 is 35.2 Å². The summed E-state index contributed by atoms with van der Waals surface area (Å²) in [7, 11) is 1.37. The second kappa shape index (κ2) is 8.20. The number of carbonyl (C=O) groups is 1. The highest BCUT2D eigenvalue weighted by Gasteiger charge is 2.53. The van der Waals surface area contributed by atoms with Gasteiger partial charge in [0.25, 0.3) is 0 Å². The topological polar surface area (TPSA) is 50.4 Å². The van der Waals surface area contributed by atoms with Crippen LogP contribution in [0.3, 0.4) is 0 Å². The SMILES string of the molecule is CCC(NC(=S)Nc1ccc2c(Cl)c(C(=O)OC)sc2c1)C12CC3CC(CC(C3)C1)C2. The smallest absolute Gasteiger partial charge is 0.349 e. The predicted octanol–water partition coefficient (Wildman–Crippen LogP) is 6.62. The van der Waals surface area contributed by atoms with Crippen LogP contribution in [0.15, 0.2) is 18.2 Å². The molecule has 1 unspecified atom stereocenters. The average molecular weight is 477 g/mol. The van der Waals surface area contributed by atoms with Crippen molar-refractivity contribution in [3.63, 3.8) is 0 Å². The molecule has 4 saturated carbocycles. The largest absolute Gasteiger partial charge is 0.465 e. The van der Waals surface area contributed by atoms with Crippen molar-refractivity contribution < 1.29 is 9.53 Å². The van der Waals surface area contributed by atoms with Gasteiger partial charge in [0.15, 0.2) is 5.11 Å². The van der Waals surface area contributed by atoms with Crippen LogP contribution in [0.25, 0.3) is 10.1 Å². The fraction of sp³-hybridized carbons (Fsp3) is 0.583. The maximum absolute atomic E-state index is 11.9. The number of halogens is 1. The number of hydrogen-bond donors (Lipinski definition) is 2. The molecular weight excluding hydrogens is 448 g/mol. The fourth-order valence-corrected chi connectivity index (χ4v) is 8.71. The van der Waals surface area contributed by atoms with Gasteiger partial charge in [-0.3, -0.25) is 0 Å². The minimum absolute atomic E-state index is 0.403. The molecule has 1 aromatic heterocycles. The molecule has 0 aliphatic heterocycles. The Morgan fingerprint density at radius 1 is 1.26 bits per heavy atom. The van der Waals surface area contributed by atoms with Crippen molar-refractivity contribution in [1.82, 2.24) is 5.32 Å². The number of anilines is 1. The number of methoxy groups -OCH3 is 1. The Morgan fingerprint density at radius 3 is 2.48 bits per heavy atom. The Balaban J connectivity index is 1.31. The summed E-state index contributed by atoms with van der Waals surface area (Å²) >= 11 is 13.5. The zero-order valence-electron chi connectivity index (χ0n) is 18.0. The number of ether oxygens (including phenoxy) is 1. The number of benzene rings is 1. The van der Waals surface area contributed by atoms with Crippen LogP contribution in [0, 0.1) is 23.2 Å². The van der Waals surface area contributed by atoms with Gasteiger partial charge in [0.1, 0.15) is 4.88 Å². The van der Waals surface area contributed by atoms with Gasteiger partial charge >= 0.3 is 5.97 Å². The van der Waals surface area contributed by atoms with E-state index in [4.69, 9.17) is 28.6 Å². The summed E-state index contributed by atoms with van der Waals surface area (Å²) in [5.41, 5.74) is 1.32. The Morgan fingerprint density at radius 2 is 1.90 bits per heavy atom. The maximum atomic E-state index is 11.9. The molecule has 1 atom stereocenters. The van der Waals surface area contributed by atoms with Gasteiger partial charge in [-0.1, -0.05) is 18.5 Å². The molecular formula is C24H29ClN2O2S2. The van der Waals surface area contributed by atoms with Crippen LogP contribution in [0.2, 0.25) is 5.02 Å². The minimum atomic E-state index is -0.403. The molecule has 4 bridgehead atoms. The van der Waals surface area contributed by atoms with E-state index >= 15 is 0 Å². The number of esters is 1. The van der Waals surface area contributed by atoms with Crippen molar-refractivity contribution in [3.8, 4) is 0 Å². The number of nitrogens with one attached hydrogen (secondary N) is 2. The molecule has 4 fully saturated rings. The van der Waals surface area contributed by atoms with E-state index < -0.39 is 5.97 Å². The summed E-state index contributed by atoms with van der Waals surface area (Å²) in [6, 6.07) is 6.31. The molecule has 31 heavy (non-hydrogen) atoms. The lowest BCUT2D eigenvalue weighted by molar-refractivity contribution is -0.0710. The Labute approximate surface area is 198 Å². The maximum Gasteiger partial charge on any atom is 0.349 e. The van der Waals surface area contributed by atoms with Crippen molar-refractivity contribution in [3.05, 3.63) is 28.1 Å². The second-order valence-electron chi connectivity index (χ2n) is 9.79. The van der Waals surface area contributed by atoms with Crippen LogP contribution < -0.4 is 10.6 Å². The quantitative estimate of drug-likeness (QED) is 0.375. The Hall–Kier alpha value is -1.37. The van der Waals surface area contributed by atoms with Gasteiger partial charge < -0.3 is 15.4 Å². The van der Waals surface area contributed by atoms with Crippen LogP contribution in [0.5, 0.6) is 0 Å². The zero-order valence-corrected chi connectivity index (χ0v) is 20.4. The number of hydrogen-bond acceptors (Lipinski definition) is 4. The molecule has 2 N–H and O–H groups in total. The summed E-state index contributed by atoms with van der Waals surface area (Å²) in [5, 5.41) is 9.05. The van der Waals surface area contributed by atoms with Gasteiger partial charge in [-0.2, -0.15) is 0 Å². The van der Waals surface area contributed by atoms with Crippen LogP contribution in [0.1, 0.15) is 61.5 Å². The van der Waals surface area contributed by atoms with Crippen LogP contribution in [-0.4, -0.2) is 24.2 Å². The lowest BCUT2D eigenvalue weighted by Gasteiger charge is -2.59. The summed E-state index contributed by atoms with van der Waals surface area (Å²) < 4.78 is 5.78. The Bertz CT molecular complexity index is 999. The standard InChI is InChI=1S/C24H29ClN2O2S2/c1-3-19(24-10-13-6-14(11-24)8-15(7-13)12-24)27-23(30)26-16-4-5-17-18(9-16)31-21(20(17)25)22(28)29-2/h4-5,9,13-15,19H,3,6-8,10-12H2,1-2H3,(H2,26,27,30). The highest BCUT2D eigenvalue weighted by molar-refractivity contribution is 7.80. The molecule has 0 spiro atoms. The number of fused-ring (bicyclic) bond motifs is 1. The van der Waals surface area contributed by atoms with E-state index in [0.29, 0.717) is 26.5 Å². The molecule has 0 amide bonds. The third-order valence-corrected chi connectivity index (χ3v) is 9.65. The fourth-order valence-electron chi connectivity index (χ4n) is 6.98. The van der Waals surface area contributed by atoms with Crippen molar-refractivity contribution in [2.75, 3.05) is 12.4 Å². The Kier molecular flexibility index (Phi) is 5.68. The molecule has 1 heterocycles. The molecule has 4 aliphatic carbocycles. The third-order valence-electron chi connectivity index (χ3n) is 7.80.